The Bertz CT molecular complexity index is 520. The molecule has 0 spiro atoms. The van der Waals surface area contributed by atoms with Gasteiger partial charge in [-0.3, -0.25) is 4.79 Å². The Morgan fingerprint density at radius 1 is 1.09 bits per heavy atom. The number of carbonyl (C=O) groups excluding carboxylic acids is 1. The number of amides is 1. The van der Waals surface area contributed by atoms with Gasteiger partial charge in [0, 0.05) is 17.0 Å². The van der Waals surface area contributed by atoms with Gasteiger partial charge in [-0.05, 0) is 43.4 Å². The Balaban J connectivity index is 0.00000176. The zero-order valence-corrected chi connectivity index (χ0v) is 14.3. The van der Waals surface area contributed by atoms with Crippen molar-refractivity contribution in [3.63, 3.8) is 0 Å². The maximum atomic E-state index is 12.4. The maximum absolute atomic E-state index is 12.4. The highest BCUT2D eigenvalue weighted by Gasteiger charge is 2.42. The fourth-order valence-electron chi connectivity index (χ4n) is 3.63. The van der Waals surface area contributed by atoms with Crippen molar-refractivity contribution < 1.29 is 4.79 Å². The zero-order chi connectivity index (χ0) is 14.9. The lowest BCUT2D eigenvalue weighted by molar-refractivity contribution is -0.126. The van der Waals surface area contributed by atoms with E-state index in [0.29, 0.717) is 6.54 Å². The predicted octanol–water partition coefficient (Wildman–Crippen LogP) is 3.57. The monoisotopic (exact) mass is 342 g/mol. The van der Waals surface area contributed by atoms with Crippen molar-refractivity contribution in [2.45, 2.75) is 55.9 Å². The molecule has 1 aromatic rings. The Kier molecular flexibility index (Phi) is 5.41. The minimum atomic E-state index is -0.634. The lowest BCUT2D eigenvalue weighted by atomic mass is 9.64. The Hall–Kier alpha value is -0.770. The number of halogens is 2. The van der Waals surface area contributed by atoms with Crippen molar-refractivity contribution in [2.24, 2.45) is 5.73 Å². The molecule has 0 aliphatic heterocycles. The molecule has 0 heterocycles. The SMILES string of the molecule is Cl.NC1(C(=O)NCC2(c3ccc(Cl)cc3)CCC2)CCCC1. The molecule has 2 aliphatic rings. The van der Waals surface area contributed by atoms with E-state index >= 15 is 0 Å². The standard InChI is InChI=1S/C17H23ClN2O.ClH/c18-14-6-4-13(5-7-14)16(8-3-9-16)12-20-15(21)17(19)10-1-2-11-17;/h4-7H,1-3,8-12,19H2,(H,20,21);1H. The van der Waals surface area contributed by atoms with E-state index in [-0.39, 0.29) is 23.7 Å². The van der Waals surface area contributed by atoms with Gasteiger partial charge >= 0.3 is 0 Å². The van der Waals surface area contributed by atoms with Gasteiger partial charge in [-0.2, -0.15) is 0 Å². The second kappa shape index (κ2) is 6.77. The summed E-state index contributed by atoms with van der Waals surface area (Å²) in [5.74, 6) is 0.0280. The number of rotatable bonds is 4. The number of nitrogens with two attached hydrogens (primary N) is 1. The van der Waals surface area contributed by atoms with Crippen LogP contribution in [0.3, 0.4) is 0 Å². The summed E-state index contributed by atoms with van der Waals surface area (Å²) in [6.45, 7) is 0.687. The molecule has 2 saturated carbocycles. The molecule has 0 radical (unpaired) electrons. The van der Waals surface area contributed by atoms with Crippen LogP contribution < -0.4 is 11.1 Å². The molecular weight excluding hydrogens is 319 g/mol. The molecule has 1 amide bonds. The molecule has 1 aromatic carbocycles. The number of nitrogens with one attached hydrogen (secondary N) is 1. The lowest BCUT2D eigenvalue weighted by Crippen LogP contribution is -2.55. The molecule has 2 aliphatic carbocycles. The molecule has 3 N–H and O–H groups in total. The Morgan fingerprint density at radius 2 is 1.68 bits per heavy atom. The van der Waals surface area contributed by atoms with Gasteiger partial charge in [0.1, 0.15) is 0 Å². The van der Waals surface area contributed by atoms with Crippen molar-refractivity contribution in [3.8, 4) is 0 Å². The van der Waals surface area contributed by atoms with Crippen LogP contribution in [0.4, 0.5) is 0 Å². The van der Waals surface area contributed by atoms with Crippen LogP contribution in [0.25, 0.3) is 0 Å². The second-order valence-electron chi connectivity index (χ2n) is 6.69. The molecule has 122 valence electrons. The third kappa shape index (κ3) is 3.27. The van der Waals surface area contributed by atoms with E-state index in [2.05, 4.69) is 17.4 Å². The number of hydrogen-bond donors (Lipinski definition) is 2. The minimum Gasteiger partial charge on any atom is -0.354 e. The fourth-order valence-corrected chi connectivity index (χ4v) is 3.76. The van der Waals surface area contributed by atoms with Crippen LogP contribution >= 0.6 is 24.0 Å². The first kappa shape index (κ1) is 17.6. The first-order valence-corrected chi connectivity index (χ1v) is 8.25. The molecule has 2 fully saturated rings. The molecular formula is C17H24Cl2N2O. The number of carbonyl (C=O) groups is 1. The summed E-state index contributed by atoms with van der Waals surface area (Å²) in [5, 5.41) is 3.88. The van der Waals surface area contributed by atoms with Crippen LogP contribution in [0.5, 0.6) is 0 Å². The van der Waals surface area contributed by atoms with Gasteiger partial charge in [-0.25, -0.2) is 0 Å². The van der Waals surface area contributed by atoms with E-state index in [1.54, 1.807) is 0 Å². The largest absolute Gasteiger partial charge is 0.354 e. The third-order valence-electron chi connectivity index (χ3n) is 5.30. The summed E-state index contributed by atoms with van der Waals surface area (Å²) in [6, 6.07) is 8.03. The molecule has 0 unspecified atom stereocenters. The summed E-state index contributed by atoms with van der Waals surface area (Å²) in [7, 11) is 0. The Morgan fingerprint density at radius 3 is 2.18 bits per heavy atom. The lowest BCUT2D eigenvalue weighted by Gasteiger charge is -2.43. The summed E-state index contributed by atoms with van der Waals surface area (Å²) in [6.07, 6.45) is 7.20. The number of hydrogen-bond acceptors (Lipinski definition) is 2. The summed E-state index contributed by atoms with van der Waals surface area (Å²) in [5.41, 5.74) is 6.94. The molecule has 5 heteroatoms. The van der Waals surface area contributed by atoms with Gasteiger partial charge in [0.15, 0.2) is 0 Å². The number of benzene rings is 1. The van der Waals surface area contributed by atoms with Gasteiger partial charge in [0.25, 0.3) is 0 Å². The maximum Gasteiger partial charge on any atom is 0.240 e. The minimum absolute atomic E-state index is 0. The molecule has 0 aromatic heterocycles. The quantitative estimate of drug-likeness (QED) is 0.878. The predicted molar refractivity (Wildman–Crippen MR) is 92.6 cm³/mol. The average molecular weight is 343 g/mol. The molecule has 0 bridgehead atoms. The molecule has 22 heavy (non-hydrogen) atoms. The summed E-state index contributed by atoms with van der Waals surface area (Å²) < 4.78 is 0. The van der Waals surface area contributed by atoms with Gasteiger partial charge in [-0.1, -0.05) is 43.0 Å². The highest BCUT2D eigenvalue weighted by molar-refractivity contribution is 6.30. The zero-order valence-electron chi connectivity index (χ0n) is 12.7. The van der Waals surface area contributed by atoms with E-state index < -0.39 is 5.54 Å². The average Bonchev–Trinajstić information content (AvgIpc) is 2.87. The Labute approximate surface area is 143 Å². The highest BCUT2D eigenvalue weighted by atomic mass is 35.5. The van der Waals surface area contributed by atoms with E-state index in [4.69, 9.17) is 17.3 Å². The molecule has 0 saturated heterocycles. The summed E-state index contributed by atoms with van der Waals surface area (Å²) >= 11 is 5.97. The van der Waals surface area contributed by atoms with Gasteiger partial charge in [0.2, 0.25) is 5.91 Å². The van der Waals surface area contributed by atoms with Crippen LogP contribution in [0.1, 0.15) is 50.5 Å². The van der Waals surface area contributed by atoms with Crippen molar-refractivity contribution in [2.75, 3.05) is 6.54 Å². The highest BCUT2D eigenvalue weighted by Crippen LogP contribution is 2.43. The third-order valence-corrected chi connectivity index (χ3v) is 5.55. The van der Waals surface area contributed by atoms with Crippen molar-refractivity contribution in [1.82, 2.24) is 5.32 Å². The summed E-state index contributed by atoms with van der Waals surface area (Å²) in [4.78, 5) is 12.4. The van der Waals surface area contributed by atoms with Crippen LogP contribution in [0.15, 0.2) is 24.3 Å². The van der Waals surface area contributed by atoms with Crippen LogP contribution in [0, 0.1) is 0 Å². The first-order chi connectivity index (χ1) is 10.0. The van der Waals surface area contributed by atoms with Crippen molar-refractivity contribution in [1.29, 1.82) is 0 Å². The second-order valence-corrected chi connectivity index (χ2v) is 7.12. The van der Waals surface area contributed by atoms with Gasteiger partial charge < -0.3 is 11.1 Å². The fraction of sp³-hybridized carbons (Fsp3) is 0.588. The molecule has 3 nitrogen and oxygen atoms in total. The van der Waals surface area contributed by atoms with Crippen LogP contribution in [-0.2, 0) is 10.2 Å². The normalized spacial score (nSPS) is 21.5. The first-order valence-electron chi connectivity index (χ1n) is 7.87. The smallest absolute Gasteiger partial charge is 0.240 e. The van der Waals surface area contributed by atoms with E-state index in [0.717, 1.165) is 43.5 Å². The molecule has 3 rings (SSSR count). The van der Waals surface area contributed by atoms with Crippen molar-refractivity contribution in [3.05, 3.63) is 34.9 Å². The van der Waals surface area contributed by atoms with E-state index in [9.17, 15) is 4.79 Å². The van der Waals surface area contributed by atoms with Crippen LogP contribution in [-0.4, -0.2) is 18.0 Å². The van der Waals surface area contributed by atoms with Crippen LogP contribution in [0.2, 0.25) is 5.02 Å². The van der Waals surface area contributed by atoms with Gasteiger partial charge in [0.05, 0.1) is 5.54 Å². The van der Waals surface area contributed by atoms with E-state index in [1.807, 2.05) is 12.1 Å². The van der Waals surface area contributed by atoms with Gasteiger partial charge in [-0.15, -0.1) is 12.4 Å². The molecule has 0 atom stereocenters. The topological polar surface area (TPSA) is 55.1 Å². The van der Waals surface area contributed by atoms with E-state index in [1.165, 1.54) is 12.0 Å². The van der Waals surface area contributed by atoms with Crippen molar-refractivity contribution >= 4 is 29.9 Å².